The van der Waals surface area contributed by atoms with Crippen molar-refractivity contribution >= 4 is 11.6 Å². The Hall–Kier alpha value is -1.43. The van der Waals surface area contributed by atoms with Crippen LogP contribution in [0.4, 0.5) is 5.69 Å². The second-order valence-corrected chi connectivity index (χ2v) is 5.72. The fraction of sp³-hybridized carbons (Fsp3) is 0.533. The minimum absolute atomic E-state index is 0.0159. The predicted octanol–water partition coefficient (Wildman–Crippen LogP) is 0.615. The normalized spacial score (nSPS) is 31.9. The standard InChI is InChI=1S/C15H20N2O3/c1-20-15(6-11(16)7-15)14(19)17-8-10(9-18)12-4-2-3-5-13(12)17/h2-5,10-11,18H,6-9,16H2,1H3. The highest BCUT2D eigenvalue weighted by Gasteiger charge is 2.52. The van der Waals surface area contributed by atoms with E-state index in [0.29, 0.717) is 19.4 Å². The molecule has 0 spiro atoms. The Morgan fingerprint density at radius 2 is 2.20 bits per heavy atom. The van der Waals surface area contributed by atoms with Gasteiger partial charge in [0.15, 0.2) is 0 Å². The van der Waals surface area contributed by atoms with E-state index in [9.17, 15) is 9.90 Å². The molecule has 1 amide bonds. The monoisotopic (exact) mass is 276 g/mol. The minimum Gasteiger partial charge on any atom is -0.396 e. The van der Waals surface area contributed by atoms with Crippen molar-refractivity contribution < 1.29 is 14.6 Å². The van der Waals surface area contributed by atoms with Crippen LogP contribution in [-0.2, 0) is 9.53 Å². The van der Waals surface area contributed by atoms with Crippen LogP contribution >= 0.6 is 0 Å². The fourth-order valence-electron chi connectivity index (χ4n) is 3.31. The highest BCUT2D eigenvalue weighted by molar-refractivity contribution is 6.02. The van der Waals surface area contributed by atoms with Crippen LogP contribution in [0.15, 0.2) is 24.3 Å². The van der Waals surface area contributed by atoms with Gasteiger partial charge in [0.2, 0.25) is 0 Å². The number of aliphatic hydroxyl groups excluding tert-OH is 1. The summed E-state index contributed by atoms with van der Waals surface area (Å²) in [6.07, 6.45) is 1.12. The third-order valence-corrected chi connectivity index (χ3v) is 4.50. The molecule has 0 saturated heterocycles. The molecular weight excluding hydrogens is 256 g/mol. The molecule has 0 radical (unpaired) electrons. The molecule has 3 N–H and O–H groups in total. The molecule has 1 saturated carbocycles. The summed E-state index contributed by atoms with van der Waals surface area (Å²) in [5.41, 5.74) is 6.95. The Bertz CT molecular complexity index is 526. The van der Waals surface area contributed by atoms with Crippen molar-refractivity contribution in [2.45, 2.75) is 30.4 Å². The van der Waals surface area contributed by atoms with E-state index in [1.807, 2.05) is 24.3 Å². The second kappa shape index (κ2) is 4.84. The Kier molecular flexibility index (Phi) is 3.28. The summed E-state index contributed by atoms with van der Waals surface area (Å²) in [6, 6.07) is 7.76. The van der Waals surface area contributed by atoms with Gasteiger partial charge in [-0.15, -0.1) is 0 Å². The quantitative estimate of drug-likeness (QED) is 0.848. The maximum atomic E-state index is 12.8. The van der Waals surface area contributed by atoms with Gasteiger partial charge in [-0.05, 0) is 11.6 Å². The van der Waals surface area contributed by atoms with Gasteiger partial charge >= 0.3 is 0 Å². The lowest BCUT2D eigenvalue weighted by molar-refractivity contribution is -0.153. The van der Waals surface area contributed by atoms with E-state index in [1.165, 1.54) is 0 Å². The van der Waals surface area contributed by atoms with E-state index in [1.54, 1.807) is 12.0 Å². The molecule has 2 aliphatic rings. The number of nitrogens with zero attached hydrogens (tertiary/aromatic N) is 1. The van der Waals surface area contributed by atoms with Gasteiger partial charge in [0, 0.05) is 44.1 Å². The first-order chi connectivity index (χ1) is 9.61. The summed E-state index contributed by atoms with van der Waals surface area (Å²) < 4.78 is 5.47. The number of carbonyl (C=O) groups excluding carboxylic acids is 1. The van der Waals surface area contributed by atoms with Crippen LogP contribution in [0.1, 0.15) is 24.3 Å². The molecule has 108 valence electrons. The van der Waals surface area contributed by atoms with Gasteiger partial charge < -0.3 is 20.5 Å². The van der Waals surface area contributed by atoms with Gasteiger partial charge in [-0.25, -0.2) is 0 Å². The number of methoxy groups -OCH3 is 1. The molecule has 20 heavy (non-hydrogen) atoms. The number of anilines is 1. The summed E-state index contributed by atoms with van der Waals surface area (Å²) in [5, 5.41) is 9.50. The summed E-state index contributed by atoms with van der Waals surface area (Å²) in [5.74, 6) is -0.0529. The van der Waals surface area contributed by atoms with Gasteiger partial charge in [0.05, 0.1) is 6.61 Å². The van der Waals surface area contributed by atoms with Gasteiger partial charge in [0.1, 0.15) is 5.60 Å². The number of nitrogens with two attached hydrogens (primary N) is 1. The van der Waals surface area contributed by atoms with Crippen molar-refractivity contribution in [2.75, 3.05) is 25.2 Å². The topological polar surface area (TPSA) is 75.8 Å². The van der Waals surface area contributed by atoms with Crippen molar-refractivity contribution in [3.8, 4) is 0 Å². The van der Waals surface area contributed by atoms with Crippen molar-refractivity contribution in [2.24, 2.45) is 5.73 Å². The second-order valence-electron chi connectivity index (χ2n) is 5.72. The van der Waals surface area contributed by atoms with Crippen LogP contribution in [0, 0.1) is 0 Å². The molecule has 5 heteroatoms. The molecule has 1 heterocycles. The third kappa shape index (κ3) is 1.85. The largest absolute Gasteiger partial charge is 0.396 e. The molecule has 1 aliphatic heterocycles. The smallest absolute Gasteiger partial charge is 0.259 e. The van der Waals surface area contributed by atoms with Crippen LogP contribution in [0.25, 0.3) is 0 Å². The average Bonchev–Trinajstić information content (AvgIpc) is 2.81. The Labute approximate surface area is 118 Å². The SMILES string of the molecule is COC1(C(=O)N2CC(CO)c3ccccc32)CC(N)C1. The molecule has 1 aliphatic carbocycles. The summed E-state index contributed by atoms with van der Waals surface area (Å²) in [7, 11) is 1.56. The van der Waals surface area contributed by atoms with Gasteiger partial charge in [-0.2, -0.15) is 0 Å². The molecule has 3 rings (SSSR count). The molecule has 1 aromatic carbocycles. The maximum absolute atomic E-state index is 12.8. The predicted molar refractivity (Wildman–Crippen MR) is 75.6 cm³/mol. The first-order valence-corrected chi connectivity index (χ1v) is 6.94. The molecule has 1 atom stereocenters. The zero-order valence-corrected chi connectivity index (χ0v) is 11.6. The van der Waals surface area contributed by atoms with Gasteiger partial charge in [-0.1, -0.05) is 18.2 Å². The first-order valence-electron chi connectivity index (χ1n) is 6.94. The Balaban J connectivity index is 1.90. The Morgan fingerprint density at radius 3 is 2.80 bits per heavy atom. The molecular formula is C15H20N2O3. The van der Waals surface area contributed by atoms with E-state index in [4.69, 9.17) is 10.5 Å². The van der Waals surface area contributed by atoms with E-state index in [-0.39, 0.29) is 24.5 Å². The molecule has 0 aromatic heterocycles. The number of benzene rings is 1. The van der Waals surface area contributed by atoms with Gasteiger partial charge in [-0.3, -0.25) is 4.79 Å². The number of amides is 1. The summed E-state index contributed by atoms with van der Waals surface area (Å²) >= 11 is 0. The van der Waals surface area contributed by atoms with Crippen LogP contribution in [0.3, 0.4) is 0 Å². The van der Waals surface area contributed by atoms with E-state index in [2.05, 4.69) is 0 Å². The van der Waals surface area contributed by atoms with E-state index >= 15 is 0 Å². The summed E-state index contributed by atoms with van der Waals surface area (Å²) in [4.78, 5) is 14.6. The third-order valence-electron chi connectivity index (χ3n) is 4.50. The van der Waals surface area contributed by atoms with Crippen molar-refractivity contribution in [3.63, 3.8) is 0 Å². The van der Waals surface area contributed by atoms with Gasteiger partial charge in [0.25, 0.3) is 5.91 Å². The first kappa shape index (κ1) is 13.5. The molecule has 1 unspecified atom stereocenters. The van der Waals surface area contributed by atoms with E-state index in [0.717, 1.165) is 11.3 Å². The average molecular weight is 276 g/mol. The summed E-state index contributed by atoms with van der Waals surface area (Å²) in [6.45, 7) is 0.551. The van der Waals surface area contributed by atoms with Crippen LogP contribution < -0.4 is 10.6 Å². The zero-order valence-electron chi connectivity index (χ0n) is 11.6. The van der Waals surface area contributed by atoms with Crippen LogP contribution in [-0.4, -0.2) is 42.9 Å². The van der Waals surface area contributed by atoms with Crippen molar-refractivity contribution in [1.82, 2.24) is 0 Å². The number of hydrogen-bond acceptors (Lipinski definition) is 4. The Morgan fingerprint density at radius 1 is 1.50 bits per heavy atom. The highest BCUT2D eigenvalue weighted by Crippen LogP contribution is 2.42. The molecule has 0 bridgehead atoms. The number of ether oxygens (including phenoxy) is 1. The maximum Gasteiger partial charge on any atom is 0.259 e. The number of carbonyl (C=O) groups is 1. The number of hydrogen-bond donors (Lipinski definition) is 2. The lowest BCUT2D eigenvalue weighted by atomic mass is 9.75. The number of fused-ring (bicyclic) bond motifs is 1. The lowest BCUT2D eigenvalue weighted by Gasteiger charge is -2.45. The lowest BCUT2D eigenvalue weighted by Crippen LogP contribution is -2.62. The molecule has 1 fully saturated rings. The minimum atomic E-state index is -0.781. The van der Waals surface area contributed by atoms with Crippen LogP contribution in [0.2, 0.25) is 0 Å². The van der Waals surface area contributed by atoms with Crippen LogP contribution in [0.5, 0.6) is 0 Å². The van der Waals surface area contributed by atoms with Crippen molar-refractivity contribution in [3.05, 3.63) is 29.8 Å². The van der Waals surface area contributed by atoms with E-state index < -0.39 is 5.60 Å². The fourth-order valence-corrected chi connectivity index (χ4v) is 3.31. The molecule has 1 aromatic rings. The zero-order chi connectivity index (χ0) is 14.3. The highest BCUT2D eigenvalue weighted by atomic mass is 16.5. The number of para-hydroxylation sites is 1. The number of rotatable bonds is 3. The molecule has 5 nitrogen and oxygen atoms in total. The number of aliphatic hydroxyl groups is 1. The van der Waals surface area contributed by atoms with Crippen molar-refractivity contribution in [1.29, 1.82) is 0 Å².